The predicted octanol–water partition coefficient (Wildman–Crippen LogP) is 6.17. The molecule has 0 aliphatic carbocycles. The van der Waals surface area contributed by atoms with Gasteiger partial charge in [-0.05, 0) is 74.1 Å². The van der Waals surface area contributed by atoms with Crippen LogP contribution < -0.4 is 10.5 Å². The molecule has 0 atom stereocenters. The maximum atomic E-state index is 11.1. The molecule has 5 nitrogen and oxygen atoms in total. The lowest BCUT2D eigenvalue weighted by atomic mass is 10.1. The first-order valence-electron chi connectivity index (χ1n) is 11.5. The van der Waals surface area contributed by atoms with Crippen LogP contribution in [0.15, 0.2) is 63.9 Å². The Morgan fingerprint density at radius 3 is 2.69 bits per heavy atom. The summed E-state index contributed by atoms with van der Waals surface area (Å²) < 4.78 is 5.13. The van der Waals surface area contributed by atoms with Crippen molar-refractivity contribution in [3.05, 3.63) is 76.3 Å². The number of nitrogens with one attached hydrogen (secondary N) is 1. The highest BCUT2D eigenvalue weighted by Gasteiger charge is 2.11. The molecular weight excluding hydrogens is 398 g/mol. The van der Waals surface area contributed by atoms with Crippen LogP contribution in [0, 0.1) is 11.3 Å². The van der Waals surface area contributed by atoms with E-state index < -0.39 is 0 Å². The predicted molar refractivity (Wildman–Crippen MR) is 130 cm³/mol. The minimum absolute atomic E-state index is 0.289. The van der Waals surface area contributed by atoms with E-state index in [1.54, 1.807) is 6.20 Å². The van der Waals surface area contributed by atoms with Gasteiger partial charge in [-0.25, -0.2) is 4.79 Å². The molecule has 1 N–H and O–H groups in total. The standard InChI is InChI=1S/C14H15NO2.C13H14N2/c16-14-7-4-11-10-12(5-6-13(11)17-14)15-8-2-1-3-9-15;1-2-3-4-10-5-6-13-12(7-10)11(8-14)9-15-13/h4-7,10H,1-3,8-9H2;5-7,9,15H,2-4H2,1H3. The highest BCUT2D eigenvalue weighted by molar-refractivity contribution is 5.86. The van der Waals surface area contributed by atoms with E-state index in [1.807, 2.05) is 18.2 Å². The quantitative estimate of drug-likeness (QED) is 0.396. The lowest BCUT2D eigenvalue weighted by molar-refractivity contribution is 0.560. The molecule has 3 heterocycles. The zero-order chi connectivity index (χ0) is 22.3. The first-order valence-corrected chi connectivity index (χ1v) is 11.5. The molecule has 2 aromatic heterocycles. The number of hydrogen-bond donors (Lipinski definition) is 1. The Morgan fingerprint density at radius 2 is 1.91 bits per heavy atom. The number of hydrogen-bond acceptors (Lipinski definition) is 4. The number of piperidine rings is 1. The molecular formula is C27H29N3O2. The Kier molecular flexibility index (Phi) is 6.91. The van der Waals surface area contributed by atoms with Gasteiger partial charge < -0.3 is 14.3 Å². The summed E-state index contributed by atoms with van der Waals surface area (Å²) in [5.41, 5.74) is 4.71. The third kappa shape index (κ3) is 5.03. The molecule has 0 saturated carbocycles. The van der Waals surface area contributed by atoms with Crippen molar-refractivity contribution in [1.29, 1.82) is 5.26 Å². The first-order chi connectivity index (χ1) is 15.7. The van der Waals surface area contributed by atoms with Crippen LogP contribution in [0.1, 0.15) is 50.2 Å². The zero-order valence-corrected chi connectivity index (χ0v) is 18.6. The van der Waals surface area contributed by atoms with Gasteiger partial charge in [0.05, 0.1) is 5.56 Å². The van der Waals surface area contributed by atoms with Gasteiger partial charge in [0, 0.05) is 47.3 Å². The van der Waals surface area contributed by atoms with E-state index in [0.717, 1.165) is 41.4 Å². The summed E-state index contributed by atoms with van der Waals surface area (Å²) in [6.07, 6.45) is 9.15. The Bertz CT molecular complexity index is 1290. The molecule has 1 aliphatic heterocycles. The van der Waals surface area contributed by atoms with E-state index in [1.165, 1.54) is 49.4 Å². The smallest absolute Gasteiger partial charge is 0.336 e. The molecule has 5 heteroatoms. The summed E-state index contributed by atoms with van der Waals surface area (Å²) in [7, 11) is 0. The van der Waals surface area contributed by atoms with Gasteiger partial charge in [0.15, 0.2) is 0 Å². The van der Waals surface area contributed by atoms with E-state index in [-0.39, 0.29) is 5.63 Å². The van der Waals surface area contributed by atoms with E-state index >= 15 is 0 Å². The van der Waals surface area contributed by atoms with Crippen molar-refractivity contribution >= 4 is 27.6 Å². The van der Waals surface area contributed by atoms with Gasteiger partial charge in [-0.3, -0.25) is 0 Å². The molecule has 0 amide bonds. The third-order valence-corrected chi connectivity index (χ3v) is 6.01. The van der Waals surface area contributed by atoms with Crippen molar-refractivity contribution in [1.82, 2.24) is 4.98 Å². The second-order valence-electron chi connectivity index (χ2n) is 8.32. The molecule has 2 aromatic carbocycles. The monoisotopic (exact) mass is 427 g/mol. The largest absolute Gasteiger partial charge is 0.423 e. The molecule has 0 bridgehead atoms. The van der Waals surface area contributed by atoms with E-state index in [9.17, 15) is 4.79 Å². The molecule has 0 spiro atoms. The van der Waals surface area contributed by atoms with Gasteiger partial charge in [0.2, 0.25) is 0 Å². The molecule has 5 rings (SSSR count). The summed E-state index contributed by atoms with van der Waals surface area (Å²) in [6, 6.07) is 17.8. The van der Waals surface area contributed by atoms with Gasteiger partial charge in [-0.2, -0.15) is 5.26 Å². The molecule has 1 saturated heterocycles. The number of aromatic nitrogens is 1. The minimum Gasteiger partial charge on any atom is -0.423 e. The van der Waals surface area contributed by atoms with Crippen LogP contribution in [0.4, 0.5) is 5.69 Å². The number of nitriles is 1. The van der Waals surface area contributed by atoms with Crippen LogP contribution in [0.25, 0.3) is 21.9 Å². The SMILES string of the molecule is CCCCc1ccc2[nH]cc(C#N)c2c1.O=c1ccc2cc(N3CCCCC3)ccc2o1. The average Bonchev–Trinajstić information content (AvgIpc) is 3.26. The summed E-state index contributed by atoms with van der Waals surface area (Å²) in [5.74, 6) is 0. The second-order valence-corrected chi connectivity index (χ2v) is 8.32. The average molecular weight is 428 g/mol. The molecule has 1 fully saturated rings. The summed E-state index contributed by atoms with van der Waals surface area (Å²) in [5, 5.41) is 11.0. The van der Waals surface area contributed by atoms with E-state index in [2.05, 4.69) is 47.1 Å². The molecule has 1 aliphatic rings. The fourth-order valence-electron chi connectivity index (χ4n) is 4.20. The van der Waals surface area contributed by atoms with Crippen LogP contribution in [-0.2, 0) is 6.42 Å². The number of rotatable bonds is 4. The van der Waals surface area contributed by atoms with E-state index in [4.69, 9.17) is 9.68 Å². The van der Waals surface area contributed by atoms with Crippen molar-refractivity contribution in [2.45, 2.75) is 45.4 Å². The lowest BCUT2D eigenvalue weighted by Crippen LogP contribution is -2.29. The number of aromatic amines is 1. The number of aryl methyl sites for hydroxylation is 1. The van der Waals surface area contributed by atoms with Gasteiger partial charge >= 0.3 is 5.63 Å². The van der Waals surface area contributed by atoms with Crippen molar-refractivity contribution < 1.29 is 4.42 Å². The third-order valence-electron chi connectivity index (χ3n) is 6.01. The first kappa shape index (κ1) is 21.7. The Balaban J connectivity index is 0.000000155. The summed E-state index contributed by atoms with van der Waals surface area (Å²) in [4.78, 5) is 16.6. The summed E-state index contributed by atoms with van der Waals surface area (Å²) >= 11 is 0. The molecule has 4 aromatic rings. The normalized spacial score (nSPS) is 13.6. The fraction of sp³-hybridized carbons (Fsp3) is 0.333. The topological polar surface area (TPSA) is 73.0 Å². The Morgan fingerprint density at radius 1 is 1.06 bits per heavy atom. The fourth-order valence-corrected chi connectivity index (χ4v) is 4.20. The lowest BCUT2D eigenvalue weighted by Gasteiger charge is -2.28. The van der Waals surface area contributed by atoms with E-state index in [0.29, 0.717) is 5.58 Å². The molecule has 0 radical (unpaired) electrons. The number of nitrogens with zero attached hydrogens (tertiary/aromatic N) is 2. The molecule has 164 valence electrons. The number of benzene rings is 2. The van der Waals surface area contributed by atoms with Gasteiger partial charge in [0.25, 0.3) is 0 Å². The van der Waals surface area contributed by atoms with Crippen LogP contribution >= 0.6 is 0 Å². The van der Waals surface area contributed by atoms with Crippen LogP contribution in [0.3, 0.4) is 0 Å². The summed E-state index contributed by atoms with van der Waals surface area (Å²) in [6.45, 7) is 4.44. The van der Waals surface area contributed by atoms with Crippen LogP contribution in [0.5, 0.6) is 0 Å². The van der Waals surface area contributed by atoms with Crippen molar-refractivity contribution in [2.75, 3.05) is 18.0 Å². The number of anilines is 1. The van der Waals surface area contributed by atoms with Crippen molar-refractivity contribution in [2.24, 2.45) is 0 Å². The number of H-pyrrole nitrogens is 1. The van der Waals surface area contributed by atoms with Gasteiger partial charge in [0.1, 0.15) is 11.7 Å². The van der Waals surface area contributed by atoms with Gasteiger partial charge in [-0.1, -0.05) is 19.4 Å². The number of fused-ring (bicyclic) bond motifs is 2. The molecule has 32 heavy (non-hydrogen) atoms. The zero-order valence-electron chi connectivity index (χ0n) is 18.6. The Labute approximate surface area is 188 Å². The second kappa shape index (κ2) is 10.2. The van der Waals surface area contributed by atoms with Gasteiger partial charge in [-0.15, -0.1) is 0 Å². The minimum atomic E-state index is -0.289. The highest BCUT2D eigenvalue weighted by atomic mass is 16.4. The van der Waals surface area contributed by atoms with Crippen LogP contribution in [-0.4, -0.2) is 18.1 Å². The highest BCUT2D eigenvalue weighted by Crippen LogP contribution is 2.24. The van der Waals surface area contributed by atoms with Crippen LogP contribution in [0.2, 0.25) is 0 Å². The molecule has 0 unspecified atom stereocenters. The maximum Gasteiger partial charge on any atom is 0.336 e. The van der Waals surface area contributed by atoms with Crippen molar-refractivity contribution in [3.8, 4) is 6.07 Å². The number of unbranched alkanes of at least 4 members (excludes halogenated alkanes) is 1. The maximum absolute atomic E-state index is 11.1. The van der Waals surface area contributed by atoms with Crippen molar-refractivity contribution in [3.63, 3.8) is 0 Å². The Hall–Kier alpha value is -3.52.